The summed E-state index contributed by atoms with van der Waals surface area (Å²) in [7, 11) is 0. The maximum Gasteiger partial charge on any atom is 0.260 e. The lowest BCUT2D eigenvalue weighted by molar-refractivity contribution is -0.136. The van der Waals surface area contributed by atoms with E-state index < -0.39 is 0 Å². The van der Waals surface area contributed by atoms with Crippen LogP contribution in [0, 0.1) is 5.41 Å². The Labute approximate surface area is 133 Å². The van der Waals surface area contributed by atoms with Gasteiger partial charge in [-0.3, -0.25) is 4.79 Å². The molecule has 4 heteroatoms. The standard InChI is InChI=1S/C18H27NO3/c1-3-15-5-7-16(8-6-15)22-13-17(21)19-11-9-18(4-2,14-20)10-12-19/h5-8,20H,3-4,9-14H2,1-2H3. The summed E-state index contributed by atoms with van der Waals surface area (Å²) in [6.45, 7) is 5.95. The predicted octanol–water partition coefficient (Wildman–Crippen LogP) is 2.64. The smallest absolute Gasteiger partial charge is 0.260 e. The average Bonchev–Trinajstić information content (AvgIpc) is 2.60. The van der Waals surface area contributed by atoms with E-state index in [2.05, 4.69) is 13.8 Å². The normalized spacial score (nSPS) is 17.3. The predicted molar refractivity (Wildman–Crippen MR) is 86.9 cm³/mol. The molecule has 1 aromatic carbocycles. The zero-order valence-electron chi connectivity index (χ0n) is 13.7. The number of carbonyl (C=O) groups is 1. The molecule has 122 valence electrons. The Bertz CT molecular complexity index is 470. The Balaban J connectivity index is 1.80. The molecule has 1 aliphatic heterocycles. The maximum absolute atomic E-state index is 12.2. The second-order valence-corrected chi connectivity index (χ2v) is 6.18. The summed E-state index contributed by atoms with van der Waals surface area (Å²) >= 11 is 0. The zero-order chi connectivity index (χ0) is 16.0. The fourth-order valence-electron chi connectivity index (χ4n) is 2.91. The van der Waals surface area contributed by atoms with Crippen LogP contribution in [0.15, 0.2) is 24.3 Å². The van der Waals surface area contributed by atoms with Crippen molar-refractivity contribution in [1.29, 1.82) is 0 Å². The van der Waals surface area contributed by atoms with Gasteiger partial charge in [-0.25, -0.2) is 0 Å². The number of aliphatic hydroxyl groups excluding tert-OH is 1. The molecule has 0 aliphatic carbocycles. The first-order chi connectivity index (χ1) is 10.6. The first-order valence-corrected chi connectivity index (χ1v) is 8.23. The van der Waals surface area contributed by atoms with Gasteiger partial charge in [0.05, 0.1) is 0 Å². The molecule has 0 radical (unpaired) electrons. The molecule has 1 aliphatic rings. The highest BCUT2D eigenvalue weighted by Crippen LogP contribution is 2.34. The molecule has 1 heterocycles. The largest absolute Gasteiger partial charge is 0.484 e. The molecule has 1 amide bonds. The fraction of sp³-hybridized carbons (Fsp3) is 0.611. The van der Waals surface area contributed by atoms with Crippen LogP contribution in [0.25, 0.3) is 0 Å². The molecule has 1 N–H and O–H groups in total. The van der Waals surface area contributed by atoms with Crippen LogP contribution in [-0.4, -0.2) is 42.2 Å². The highest BCUT2D eigenvalue weighted by Gasteiger charge is 2.33. The van der Waals surface area contributed by atoms with Gasteiger partial charge in [0.1, 0.15) is 5.75 Å². The summed E-state index contributed by atoms with van der Waals surface area (Å²) < 4.78 is 5.58. The molecule has 0 saturated carbocycles. The lowest BCUT2D eigenvalue weighted by atomic mass is 9.77. The van der Waals surface area contributed by atoms with E-state index >= 15 is 0 Å². The van der Waals surface area contributed by atoms with Gasteiger partial charge in [-0.05, 0) is 48.8 Å². The summed E-state index contributed by atoms with van der Waals surface area (Å²) in [5.41, 5.74) is 1.27. The van der Waals surface area contributed by atoms with Crippen molar-refractivity contribution in [3.05, 3.63) is 29.8 Å². The number of piperidine rings is 1. The highest BCUT2D eigenvalue weighted by atomic mass is 16.5. The zero-order valence-corrected chi connectivity index (χ0v) is 13.7. The fourth-order valence-corrected chi connectivity index (χ4v) is 2.91. The molecular weight excluding hydrogens is 278 g/mol. The molecule has 0 aromatic heterocycles. The summed E-state index contributed by atoms with van der Waals surface area (Å²) in [4.78, 5) is 14.1. The molecular formula is C18H27NO3. The first kappa shape index (κ1) is 16.8. The quantitative estimate of drug-likeness (QED) is 0.879. The van der Waals surface area contributed by atoms with Crippen molar-refractivity contribution in [3.63, 3.8) is 0 Å². The number of aliphatic hydroxyl groups is 1. The van der Waals surface area contributed by atoms with E-state index in [1.165, 1.54) is 5.56 Å². The van der Waals surface area contributed by atoms with Gasteiger partial charge in [-0.1, -0.05) is 26.0 Å². The second-order valence-electron chi connectivity index (χ2n) is 6.18. The molecule has 0 unspecified atom stereocenters. The van der Waals surface area contributed by atoms with Crippen molar-refractivity contribution >= 4 is 5.91 Å². The minimum Gasteiger partial charge on any atom is -0.484 e. The number of benzene rings is 1. The minimum atomic E-state index is 0.00756. The molecule has 0 atom stereocenters. The number of ether oxygens (including phenoxy) is 1. The lowest BCUT2D eigenvalue weighted by Crippen LogP contribution is -2.45. The Morgan fingerprint density at radius 1 is 1.23 bits per heavy atom. The van der Waals surface area contributed by atoms with Crippen LogP contribution >= 0.6 is 0 Å². The summed E-state index contributed by atoms with van der Waals surface area (Å²) in [6, 6.07) is 7.88. The van der Waals surface area contributed by atoms with Crippen LogP contribution in [0.1, 0.15) is 38.7 Å². The Hall–Kier alpha value is -1.55. The number of likely N-dealkylation sites (tertiary alicyclic amines) is 1. The molecule has 1 fully saturated rings. The van der Waals surface area contributed by atoms with Crippen LogP contribution in [0.3, 0.4) is 0 Å². The van der Waals surface area contributed by atoms with Crippen LogP contribution in [0.4, 0.5) is 0 Å². The average molecular weight is 305 g/mol. The monoisotopic (exact) mass is 305 g/mol. The number of nitrogens with zero attached hydrogens (tertiary/aromatic N) is 1. The van der Waals surface area contributed by atoms with E-state index in [4.69, 9.17) is 4.74 Å². The van der Waals surface area contributed by atoms with E-state index in [1.807, 2.05) is 29.2 Å². The van der Waals surface area contributed by atoms with Gasteiger partial charge in [0.25, 0.3) is 5.91 Å². The van der Waals surface area contributed by atoms with E-state index in [0.29, 0.717) is 13.1 Å². The first-order valence-electron chi connectivity index (χ1n) is 8.23. The van der Waals surface area contributed by atoms with Crippen LogP contribution in [0.5, 0.6) is 5.75 Å². The van der Waals surface area contributed by atoms with Gasteiger partial charge < -0.3 is 14.7 Å². The minimum absolute atomic E-state index is 0.00756. The van der Waals surface area contributed by atoms with Gasteiger partial charge in [0.15, 0.2) is 6.61 Å². The molecule has 1 aromatic rings. The number of rotatable bonds is 6. The maximum atomic E-state index is 12.2. The van der Waals surface area contributed by atoms with Crippen LogP contribution in [0.2, 0.25) is 0 Å². The second kappa shape index (κ2) is 7.63. The van der Waals surface area contributed by atoms with E-state index in [9.17, 15) is 9.90 Å². The number of carbonyl (C=O) groups excluding carboxylic acids is 1. The molecule has 2 rings (SSSR count). The van der Waals surface area contributed by atoms with Gasteiger partial charge in [-0.15, -0.1) is 0 Å². The van der Waals surface area contributed by atoms with Crippen LogP contribution < -0.4 is 4.74 Å². The number of hydrogen-bond acceptors (Lipinski definition) is 3. The summed E-state index contributed by atoms with van der Waals surface area (Å²) in [6.07, 6.45) is 3.71. The van der Waals surface area contributed by atoms with Gasteiger partial charge in [-0.2, -0.15) is 0 Å². The molecule has 0 spiro atoms. The van der Waals surface area contributed by atoms with E-state index in [1.54, 1.807) is 0 Å². The Kier molecular flexibility index (Phi) is 5.83. The van der Waals surface area contributed by atoms with Crippen molar-refractivity contribution < 1.29 is 14.6 Å². The summed E-state index contributed by atoms with van der Waals surface area (Å²) in [5, 5.41) is 9.53. The third-order valence-corrected chi connectivity index (χ3v) is 4.96. The molecule has 22 heavy (non-hydrogen) atoms. The summed E-state index contributed by atoms with van der Waals surface area (Å²) in [5.74, 6) is 0.767. The molecule has 4 nitrogen and oxygen atoms in total. The number of aryl methyl sites for hydroxylation is 1. The topological polar surface area (TPSA) is 49.8 Å². The van der Waals surface area contributed by atoms with Crippen LogP contribution in [-0.2, 0) is 11.2 Å². The number of amides is 1. The van der Waals surface area contributed by atoms with Crippen molar-refractivity contribution in [1.82, 2.24) is 4.90 Å². The van der Waals surface area contributed by atoms with Crippen molar-refractivity contribution in [2.75, 3.05) is 26.3 Å². The Morgan fingerprint density at radius 3 is 2.36 bits per heavy atom. The highest BCUT2D eigenvalue weighted by molar-refractivity contribution is 5.77. The van der Waals surface area contributed by atoms with E-state index in [0.717, 1.165) is 31.4 Å². The van der Waals surface area contributed by atoms with Gasteiger partial charge >= 0.3 is 0 Å². The van der Waals surface area contributed by atoms with Crippen molar-refractivity contribution in [2.24, 2.45) is 5.41 Å². The molecule has 1 saturated heterocycles. The van der Waals surface area contributed by atoms with Gasteiger partial charge in [0, 0.05) is 19.7 Å². The SMILES string of the molecule is CCc1ccc(OCC(=O)N2CCC(CC)(CO)CC2)cc1. The Morgan fingerprint density at radius 2 is 1.86 bits per heavy atom. The third kappa shape index (κ3) is 4.01. The van der Waals surface area contributed by atoms with Crippen molar-refractivity contribution in [2.45, 2.75) is 39.5 Å². The number of hydrogen-bond donors (Lipinski definition) is 1. The molecule has 0 bridgehead atoms. The van der Waals surface area contributed by atoms with Crippen molar-refractivity contribution in [3.8, 4) is 5.75 Å². The van der Waals surface area contributed by atoms with Gasteiger partial charge in [0.2, 0.25) is 0 Å². The van der Waals surface area contributed by atoms with E-state index in [-0.39, 0.29) is 24.5 Å². The third-order valence-electron chi connectivity index (χ3n) is 4.96. The lowest BCUT2D eigenvalue weighted by Gasteiger charge is -2.40.